The molecule has 2 aromatic heterocycles. The Morgan fingerprint density at radius 2 is 1.54 bits per heavy atom. The van der Waals surface area contributed by atoms with Crippen LogP contribution >= 0.6 is 11.8 Å². The summed E-state index contributed by atoms with van der Waals surface area (Å²) in [4.78, 5) is 5.29. The van der Waals surface area contributed by atoms with Crippen molar-refractivity contribution >= 4 is 11.8 Å². The van der Waals surface area contributed by atoms with Gasteiger partial charge in [0.2, 0.25) is 0 Å². The molecule has 0 aliphatic rings. The predicted octanol–water partition coefficient (Wildman–Crippen LogP) is 5.46. The minimum Gasteiger partial charge on any atom is -0.265 e. The first kappa shape index (κ1) is 16.5. The van der Waals surface area contributed by atoms with E-state index in [2.05, 4.69) is 23.4 Å². The van der Waals surface area contributed by atoms with Crippen LogP contribution in [0.3, 0.4) is 0 Å². The van der Waals surface area contributed by atoms with Gasteiger partial charge >= 0.3 is 0 Å². The van der Waals surface area contributed by atoms with E-state index in [1.807, 2.05) is 35.1 Å². The summed E-state index contributed by atoms with van der Waals surface area (Å²) < 4.78 is 15.2. The third-order valence-corrected chi connectivity index (χ3v) is 4.90. The van der Waals surface area contributed by atoms with Crippen LogP contribution in [0.25, 0.3) is 28.1 Å². The molecule has 0 radical (unpaired) electrons. The van der Waals surface area contributed by atoms with E-state index in [0.717, 1.165) is 28.1 Å². The van der Waals surface area contributed by atoms with Gasteiger partial charge in [-0.25, -0.2) is 9.07 Å². The molecule has 0 aliphatic heterocycles. The molecule has 0 spiro atoms. The first-order valence-corrected chi connectivity index (χ1v) is 9.37. The SMILES string of the molecule is CSc1ccc(-n2cc(-c3ccncc3)c(-c3ccc(F)cc3)n2)cc1. The van der Waals surface area contributed by atoms with Crippen LogP contribution in [0, 0.1) is 5.82 Å². The van der Waals surface area contributed by atoms with Crippen molar-refractivity contribution in [3.05, 3.63) is 85.1 Å². The Balaban J connectivity index is 1.85. The van der Waals surface area contributed by atoms with Gasteiger partial charge in [0.1, 0.15) is 11.5 Å². The first-order chi connectivity index (χ1) is 12.7. The molecule has 0 amide bonds. The molecule has 0 atom stereocenters. The van der Waals surface area contributed by atoms with Crippen LogP contribution in [0.5, 0.6) is 0 Å². The van der Waals surface area contributed by atoms with Crippen LogP contribution in [0.15, 0.2) is 84.1 Å². The van der Waals surface area contributed by atoms with E-state index in [1.54, 1.807) is 36.3 Å². The van der Waals surface area contributed by atoms with Crippen LogP contribution in [0.4, 0.5) is 4.39 Å². The Labute approximate surface area is 155 Å². The van der Waals surface area contributed by atoms with Crippen LogP contribution in [-0.4, -0.2) is 21.0 Å². The van der Waals surface area contributed by atoms with Crippen molar-refractivity contribution in [2.45, 2.75) is 4.90 Å². The quantitative estimate of drug-likeness (QED) is 0.452. The van der Waals surface area contributed by atoms with Crippen LogP contribution in [0.2, 0.25) is 0 Å². The smallest absolute Gasteiger partial charge is 0.123 e. The van der Waals surface area contributed by atoms with Crippen LogP contribution in [0.1, 0.15) is 0 Å². The van der Waals surface area contributed by atoms with E-state index in [-0.39, 0.29) is 5.82 Å². The average molecular weight is 361 g/mol. The maximum absolute atomic E-state index is 13.3. The molecule has 0 unspecified atom stereocenters. The Kier molecular flexibility index (Phi) is 4.54. The molecule has 0 bridgehead atoms. The lowest BCUT2D eigenvalue weighted by atomic mass is 10.0. The zero-order valence-corrected chi connectivity index (χ0v) is 14.9. The Morgan fingerprint density at radius 1 is 0.846 bits per heavy atom. The summed E-state index contributed by atoms with van der Waals surface area (Å²) in [6.45, 7) is 0. The average Bonchev–Trinajstić information content (AvgIpc) is 3.15. The maximum Gasteiger partial charge on any atom is 0.123 e. The van der Waals surface area contributed by atoms with E-state index in [9.17, 15) is 4.39 Å². The second-order valence-corrected chi connectivity index (χ2v) is 6.66. The second kappa shape index (κ2) is 7.14. The predicted molar refractivity (Wildman–Crippen MR) is 104 cm³/mol. The largest absolute Gasteiger partial charge is 0.265 e. The highest BCUT2D eigenvalue weighted by Gasteiger charge is 2.14. The lowest BCUT2D eigenvalue weighted by Gasteiger charge is -2.02. The molecule has 0 saturated heterocycles. The van der Waals surface area contributed by atoms with Gasteiger partial charge < -0.3 is 0 Å². The molecule has 26 heavy (non-hydrogen) atoms. The number of halogens is 1. The molecule has 4 rings (SSSR count). The van der Waals surface area contributed by atoms with E-state index in [1.165, 1.54) is 17.0 Å². The number of hydrogen-bond donors (Lipinski definition) is 0. The number of benzene rings is 2. The Morgan fingerprint density at radius 3 is 2.19 bits per heavy atom. The maximum atomic E-state index is 13.3. The topological polar surface area (TPSA) is 30.7 Å². The minimum absolute atomic E-state index is 0.258. The summed E-state index contributed by atoms with van der Waals surface area (Å²) in [6, 6.07) is 18.6. The van der Waals surface area contributed by atoms with Gasteiger partial charge in [0, 0.05) is 34.6 Å². The number of hydrogen-bond acceptors (Lipinski definition) is 3. The molecule has 0 saturated carbocycles. The first-order valence-electron chi connectivity index (χ1n) is 8.15. The fourth-order valence-corrected chi connectivity index (χ4v) is 3.21. The monoisotopic (exact) mass is 361 g/mol. The molecule has 0 aliphatic carbocycles. The highest BCUT2D eigenvalue weighted by molar-refractivity contribution is 7.98. The third-order valence-electron chi connectivity index (χ3n) is 4.16. The zero-order valence-electron chi connectivity index (χ0n) is 14.1. The summed E-state index contributed by atoms with van der Waals surface area (Å²) in [7, 11) is 0. The number of nitrogens with zero attached hydrogens (tertiary/aromatic N) is 3. The van der Waals surface area contributed by atoms with Crippen molar-refractivity contribution in [1.29, 1.82) is 0 Å². The lowest BCUT2D eigenvalue weighted by Crippen LogP contribution is -1.94. The van der Waals surface area contributed by atoms with E-state index in [0.29, 0.717) is 0 Å². The van der Waals surface area contributed by atoms with E-state index >= 15 is 0 Å². The van der Waals surface area contributed by atoms with Gasteiger partial charge in [-0.2, -0.15) is 5.10 Å². The molecular formula is C21H16FN3S. The Bertz CT molecular complexity index is 1010. The standard InChI is InChI=1S/C21H16FN3S/c1-26-19-8-6-18(7-9-19)25-14-20(15-10-12-23-13-11-15)21(24-25)16-2-4-17(22)5-3-16/h2-14H,1H3. The highest BCUT2D eigenvalue weighted by Crippen LogP contribution is 2.32. The van der Waals surface area contributed by atoms with Gasteiger partial charge in [0.15, 0.2) is 0 Å². The summed E-state index contributed by atoms with van der Waals surface area (Å²) in [6.07, 6.45) is 7.57. The Hall–Kier alpha value is -2.92. The van der Waals surface area contributed by atoms with Crippen molar-refractivity contribution in [2.24, 2.45) is 0 Å². The lowest BCUT2D eigenvalue weighted by molar-refractivity contribution is 0.628. The fourth-order valence-electron chi connectivity index (χ4n) is 2.80. The molecule has 4 aromatic rings. The van der Waals surface area contributed by atoms with E-state index in [4.69, 9.17) is 5.10 Å². The summed E-state index contributed by atoms with van der Waals surface area (Å²) in [5, 5.41) is 4.78. The summed E-state index contributed by atoms with van der Waals surface area (Å²) in [5.41, 5.74) is 4.66. The number of thioether (sulfide) groups is 1. The molecule has 2 aromatic carbocycles. The van der Waals surface area contributed by atoms with Gasteiger partial charge in [0.05, 0.1) is 5.69 Å². The molecule has 0 fully saturated rings. The molecule has 128 valence electrons. The molecule has 5 heteroatoms. The summed E-state index contributed by atoms with van der Waals surface area (Å²) >= 11 is 1.70. The van der Waals surface area contributed by atoms with Crippen molar-refractivity contribution in [1.82, 2.24) is 14.8 Å². The van der Waals surface area contributed by atoms with Gasteiger partial charge in [-0.05, 0) is 72.5 Å². The fraction of sp³-hybridized carbons (Fsp3) is 0.0476. The van der Waals surface area contributed by atoms with Crippen LogP contribution in [-0.2, 0) is 0 Å². The van der Waals surface area contributed by atoms with Gasteiger partial charge in [-0.15, -0.1) is 11.8 Å². The van der Waals surface area contributed by atoms with Gasteiger partial charge in [-0.3, -0.25) is 4.98 Å². The highest BCUT2D eigenvalue weighted by atomic mass is 32.2. The number of rotatable bonds is 4. The normalized spacial score (nSPS) is 10.8. The van der Waals surface area contributed by atoms with Crippen molar-refractivity contribution in [2.75, 3.05) is 6.26 Å². The molecule has 2 heterocycles. The molecule has 3 nitrogen and oxygen atoms in total. The minimum atomic E-state index is -0.258. The van der Waals surface area contributed by atoms with Crippen molar-refractivity contribution in [3.63, 3.8) is 0 Å². The van der Waals surface area contributed by atoms with Crippen LogP contribution < -0.4 is 0 Å². The van der Waals surface area contributed by atoms with E-state index < -0.39 is 0 Å². The van der Waals surface area contributed by atoms with Gasteiger partial charge in [-0.1, -0.05) is 0 Å². The van der Waals surface area contributed by atoms with Crippen molar-refractivity contribution in [3.8, 4) is 28.1 Å². The molecule has 0 N–H and O–H groups in total. The van der Waals surface area contributed by atoms with Gasteiger partial charge in [0.25, 0.3) is 0 Å². The number of pyridine rings is 1. The second-order valence-electron chi connectivity index (χ2n) is 5.78. The number of aromatic nitrogens is 3. The van der Waals surface area contributed by atoms with Crippen molar-refractivity contribution < 1.29 is 4.39 Å². The molecular weight excluding hydrogens is 345 g/mol. The third kappa shape index (κ3) is 3.26. The summed E-state index contributed by atoms with van der Waals surface area (Å²) in [5.74, 6) is -0.258. The zero-order chi connectivity index (χ0) is 17.9.